The van der Waals surface area contributed by atoms with Crippen LogP contribution in [-0.4, -0.2) is 22.8 Å². The van der Waals surface area contributed by atoms with E-state index >= 15 is 0 Å². The minimum absolute atomic E-state index is 0. The number of aromatic nitrogens is 2. The molecule has 0 saturated heterocycles. The van der Waals surface area contributed by atoms with Gasteiger partial charge in [0.25, 0.3) is 0 Å². The van der Waals surface area contributed by atoms with Crippen LogP contribution in [0.1, 0.15) is 5.69 Å². The Labute approximate surface area is 155 Å². The zero-order valence-corrected chi connectivity index (χ0v) is 15.6. The van der Waals surface area contributed by atoms with Crippen LogP contribution in [0.3, 0.4) is 0 Å². The topological polar surface area (TPSA) is 98.1 Å². The fourth-order valence-electron chi connectivity index (χ4n) is 1.43. The minimum Gasteiger partial charge on any atom is -0.859 e. The molecule has 0 fully saturated rings. The minimum atomic E-state index is -4.53. The molecule has 1 aromatic heterocycles. The van der Waals surface area contributed by atoms with Crippen LogP contribution in [-0.2, 0) is 10.1 Å². The Hall–Kier alpha value is 0.140. The van der Waals surface area contributed by atoms with Gasteiger partial charge in [-0.15, -0.1) is 0 Å². The first kappa shape index (κ1) is 19.1. The summed E-state index contributed by atoms with van der Waals surface area (Å²) in [5, 5.41) is 15.4. The van der Waals surface area contributed by atoms with E-state index in [1.54, 1.807) is 6.92 Å². The quantitative estimate of drug-likeness (QED) is 0.406. The number of rotatable bonds is 2. The van der Waals surface area contributed by atoms with Crippen LogP contribution in [0.25, 0.3) is 5.69 Å². The van der Waals surface area contributed by atoms with Crippen molar-refractivity contribution in [3.8, 4) is 11.6 Å². The first-order chi connectivity index (χ1) is 7.88. The van der Waals surface area contributed by atoms with Crippen LogP contribution in [0.2, 0.25) is 0 Å². The van der Waals surface area contributed by atoms with Gasteiger partial charge >= 0.3 is 59.1 Å². The van der Waals surface area contributed by atoms with Gasteiger partial charge < -0.3 is 9.66 Å². The second-order valence-corrected chi connectivity index (χ2v) is 4.87. The van der Waals surface area contributed by atoms with Gasteiger partial charge in [-0.25, -0.2) is 13.1 Å². The zero-order chi connectivity index (χ0) is 12.6. The number of aryl methyl sites for hydroxylation is 1. The second-order valence-electron chi connectivity index (χ2n) is 3.49. The molecule has 0 aliphatic heterocycles. The molecule has 0 unspecified atom stereocenters. The Kier molecular flexibility index (Phi) is 7.29. The van der Waals surface area contributed by atoms with E-state index in [9.17, 15) is 18.1 Å². The Morgan fingerprint density at radius 2 is 1.84 bits per heavy atom. The van der Waals surface area contributed by atoms with Gasteiger partial charge in [0.1, 0.15) is 10.1 Å². The summed E-state index contributed by atoms with van der Waals surface area (Å²) in [6.45, 7) is 1.64. The average Bonchev–Trinajstić information content (AvgIpc) is 2.57. The summed E-state index contributed by atoms with van der Waals surface area (Å²) in [4.78, 5) is -0.387. The molecule has 1 aromatic carbocycles. The Morgan fingerprint density at radius 3 is 2.32 bits per heavy atom. The number of hydrogen-bond donors (Lipinski definition) is 0. The molecule has 9 heteroatoms. The fourth-order valence-corrected chi connectivity index (χ4v) is 1.94. The summed E-state index contributed by atoms with van der Waals surface area (Å²) in [5.74, 6) is -0.372. The van der Waals surface area contributed by atoms with Crippen molar-refractivity contribution in [2.45, 2.75) is 11.8 Å². The summed E-state index contributed by atoms with van der Waals surface area (Å²) in [5.41, 5.74) is 0.769. The van der Waals surface area contributed by atoms with E-state index in [1.165, 1.54) is 24.3 Å². The number of nitrogens with zero attached hydrogens (tertiary/aromatic N) is 2. The van der Waals surface area contributed by atoms with Crippen LogP contribution in [0.4, 0.5) is 0 Å². The van der Waals surface area contributed by atoms with E-state index in [0.717, 1.165) is 10.7 Å². The van der Waals surface area contributed by atoms with Gasteiger partial charge in [0.2, 0.25) is 0 Å². The molecule has 0 amide bonds. The maximum atomic E-state index is 11.5. The largest absolute Gasteiger partial charge is 1.00 e. The third-order valence-electron chi connectivity index (χ3n) is 2.15. The van der Waals surface area contributed by atoms with Gasteiger partial charge in [-0.3, -0.25) is 0 Å². The van der Waals surface area contributed by atoms with Crippen molar-refractivity contribution in [2.24, 2.45) is 0 Å². The smallest absolute Gasteiger partial charge is 0.859 e. The molecular formula is C10H8N2Na2O4S. The van der Waals surface area contributed by atoms with E-state index in [0.29, 0.717) is 5.69 Å². The van der Waals surface area contributed by atoms with Crippen LogP contribution in [0.5, 0.6) is 5.88 Å². The molecule has 0 spiro atoms. The maximum Gasteiger partial charge on any atom is 1.00 e. The van der Waals surface area contributed by atoms with Gasteiger partial charge in [0.05, 0.1) is 16.3 Å². The summed E-state index contributed by atoms with van der Waals surface area (Å²) < 4.78 is 33.6. The second kappa shape index (κ2) is 7.24. The molecule has 0 saturated carbocycles. The van der Waals surface area contributed by atoms with Gasteiger partial charge in [-0.1, -0.05) is 6.07 Å². The van der Waals surface area contributed by atoms with E-state index < -0.39 is 10.1 Å². The fraction of sp³-hybridized carbons (Fsp3) is 0.100. The predicted molar refractivity (Wildman–Crippen MR) is 55.7 cm³/mol. The maximum absolute atomic E-state index is 11.5. The summed E-state index contributed by atoms with van der Waals surface area (Å²) in [6, 6.07) is 6.50. The van der Waals surface area contributed by atoms with E-state index in [2.05, 4.69) is 5.10 Å². The van der Waals surface area contributed by atoms with Gasteiger partial charge in [-0.05, 0) is 37.1 Å². The molecular weight excluding hydrogens is 290 g/mol. The standard InChI is InChI=1S/C10H10N2O4S.2Na/c1-7-5-10(13)12(11-7)8-3-2-4-9(6-8)17(14,15)16;;/h2-6,13H,1H3,(H,14,15,16);;/q;2*+1/p-2. The Balaban J connectivity index is 0.00000162. The molecule has 0 atom stereocenters. The van der Waals surface area contributed by atoms with Crippen molar-refractivity contribution < 1.29 is 77.2 Å². The van der Waals surface area contributed by atoms with Crippen molar-refractivity contribution >= 4 is 10.1 Å². The molecule has 90 valence electrons. The van der Waals surface area contributed by atoms with Gasteiger partial charge in [0, 0.05) is 0 Å². The summed E-state index contributed by atoms with van der Waals surface area (Å²) in [6.07, 6.45) is 0. The first-order valence-electron chi connectivity index (χ1n) is 4.68. The number of hydrogen-bond acceptors (Lipinski definition) is 5. The number of benzene rings is 1. The molecule has 0 aliphatic rings. The van der Waals surface area contributed by atoms with Crippen molar-refractivity contribution in [3.63, 3.8) is 0 Å². The third kappa shape index (κ3) is 4.57. The molecule has 19 heavy (non-hydrogen) atoms. The third-order valence-corrected chi connectivity index (χ3v) is 2.98. The molecule has 0 radical (unpaired) electrons. The van der Waals surface area contributed by atoms with Crippen LogP contribution >= 0.6 is 0 Å². The summed E-state index contributed by atoms with van der Waals surface area (Å²) >= 11 is 0. The molecule has 0 aliphatic carbocycles. The van der Waals surface area contributed by atoms with Crippen molar-refractivity contribution in [3.05, 3.63) is 36.0 Å². The SMILES string of the molecule is Cc1cc([O-])n(-c2cccc(S(=O)(=O)[O-])c2)n1.[Na+].[Na+]. The molecule has 6 nitrogen and oxygen atoms in total. The van der Waals surface area contributed by atoms with Gasteiger partial charge in [-0.2, -0.15) is 5.10 Å². The van der Waals surface area contributed by atoms with Crippen LogP contribution < -0.4 is 64.2 Å². The Bertz CT molecular complexity index is 670. The monoisotopic (exact) mass is 298 g/mol. The molecule has 2 rings (SSSR count). The molecule has 0 N–H and O–H groups in total. The molecule has 2 aromatic rings. The molecule has 0 bridgehead atoms. The van der Waals surface area contributed by atoms with Crippen molar-refractivity contribution in [2.75, 3.05) is 0 Å². The summed E-state index contributed by atoms with van der Waals surface area (Å²) in [7, 11) is -4.53. The zero-order valence-electron chi connectivity index (χ0n) is 10.8. The van der Waals surface area contributed by atoms with E-state index in [1.807, 2.05) is 0 Å². The van der Waals surface area contributed by atoms with E-state index in [-0.39, 0.29) is 75.6 Å². The normalized spacial score (nSPS) is 10.4. The van der Waals surface area contributed by atoms with Crippen molar-refractivity contribution in [1.82, 2.24) is 9.78 Å². The average molecular weight is 298 g/mol. The Morgan fingerprint density at radius 1 is 1.21 bits per heavy atom. The van der Waals surface area contributed by atoms with Crippen LogP contribution in [0.15, 0.2) is 35.2 Å². The first-order valence-corrected chi connectivity index (χ1v) is 6.09. The molecule has 1 heterocycles. The van der Waals surface area contributed by atoms with Crippen LogP contribution in [0, 0.1) is 6.92 Å². The van der Waals surface area contributed by atoms with Gasteiger partial charge in [0.15, 0.2) is 0 Å². The van der Waals surface area contributed by atoms with E-state index in [4.69, 9.17) is 0 Å². The van der Waals surface area contributed by atoms with Crippen molar-refractivity contribution in [1.29, 1.82) is 0 Å². The predicted octanol–water partition coefficient (Wildman–Crippen LogP) is -5.83.